The summed E-state index contributed by atoms with van der Waals surface area (Å²) in [6, 6.07) is 1.89. The lowest BCUT2D eigenvalue weighted by Crippen LogP contribution is -2.38. The highest BCUT2D eigenvalue weighted by Crippen LogP contribution is 2.27. The molecule has 2 aliphatic rings. The van der Waals surface area contributed by atoms with Gasteiger partial charge in [-0.1, -0.05) is 6.92 Å². The summed E-state index contributed by atoms with van der Waals surface area (Å²) in [4.78, 5) is 2.55. The first-order chi connectivity index (χ1) is 7.33. The molecular formula is C12H24N2O. The standard InChI is InChI=1S/C12H24N2O/c1-2-14(12-5-6-12)8-7-11(9-15)13-10-3-4-10/h10-13,15H,2-9H2,1H3. The molecule has 0 aromatic carbocycles. The Balaban J connectivity index is 1.64. The third-order valence-corrected chi connectivity index (χ3v) is 3.50. The fraction of sp³-hybridized carbons (Fsp3) is 1.00. The topological polar surface area (TPSA) is 35.5 Å². The summed E-state index contributed by atoms with van der Waals surface area (Å²) in [5, 5.41) is 12.8. The van der Waals surface area contributed by atoms with Gasteiger partial charge in [0.25, 0.3) is 0 Å². The van der Waals surface area contributed by atoms with Crippen LogP contribution in [0.25, 0.3) is 0 Å². The molecule has 0 aromatic rings. The van der Waals surface area contributed by atoms with Gasteiger partial charge in [-0.25, -0.2) is 0 Å². The third-order valence-electron chi connectivity index (χ3n) is 3.50. The zero-order valence-electron chi connectivity index (χ0n) is 9.78. The molecule has 3 nitrogen and oxygen atoms in total. The van der Waals surface area contributed by atoms with Crippen LogP contribution in [0.2, 0.25) is 0 Å². The van der Waals surface area contributed by atoms with Crippen LogP contribution in [0.4, 0.5) is 0 Å². The highest BCUT2D eigenvalue weighted by molar-refractivity contribution is 4.87. The number of hydrogen-bond acceptors (Lipinski definition) is 3. The van der Waals surface area contributed by atoms with Gasteiger partial charge >= 0.3 is 0 Å². The van der Waals surface area contributed by atoms with E-state index in [9.17, 15) is 5.11 Å². The quantitative estimate of drug-likeness (QED) is 0.629. The van der Waals surface area contributed by atoms with E-state index in [-0.39, 0.29) is 0 Å². The summed E-state index contributed by atoms with van der Waals surface area (Å²) >= 11 is 0. The molecule has 0 bridgehead atoms. The monoisotopic (exact) mass is 212 g/mol. The van der Waals surface area contributed by atoms with E-state index in [1.54, 1.807) is 0 Å². The molecule has 0 spiro atoms. The van der Waals surface area contributed by atoms with Crippen molar-refractivity contribution in [2.24, 2.45) is 0 Å². The van der Waals surface area contributed by atoms with Crippen LogP contribution < -0.4 is 5.32 Å². The minimum Gasteiger partial charge on any atom is -0.395 e. The first-order valence-electron chi connectivity index (χ1n) is 6.44. The average Bonchev–Trinajstić information content (AvgIpc) is 3.10. The minimum absolute atomic E-state index is 0.290. The molecule has 2 aliphatic carbocycles. The predicted molar refractivity (Wildman–Crippen MR) is 61.9 cm³/mol. The molecule has 2 rings (SSSR count). The zero-order valence-corrected chi connectivity index (χ0v) is 9.78. The van der Waals surface area contributed by atoms with E-state index in [2.05, 4.69) is 17.1 Å². The van der Waals surface area contributed by atoms with Crippen molar-refractivity contribution in [3.63, 3.8) is 0 Å². The van der Waals surface area contributed by atoms with Crippen LogP contribution in [0.1, 0.15) is 39.0 Å². The number of hydrogen-bond donors (Lipinski definition) is 2. The molecule has 0 heterocycles. The normalized spacial score (nSPS) is 23.4. The number of nitrogens with zero attached hydrogens (tertiary/aromatic N) is 1. The number of aliphatic hydroxyl groups is 1. The first-order valence-corrected chi connectivity index (χ1v) is 6.44. The van der Waals surface area contributed by atoms with Crippen molar-refractivity contribution in [2.75, 3.05) is 19.7 Å². The Morgan fingerprint density at radius 2 is 2.07 bits per heavy atom. The van der Waals surface area contributed by atoms with E-state index in [0.29, 0.717) is 18.7 Å². The van der Waals surface area contributed by atoms with Gasteiger partial charge < -0.3 is 15.3 Å². The smallest absolute Gasteiger partial charge is 0.0585 e. The first kappa shape index (κ1) is 11.4. The molecule has 2 N–H and O–H groups in total. The van der Waals surface area contributed by atoms with E-state index in [4.69, 9.17) is 0 Å². The lowest BCUT2D eigenvalue weighted by Gasteiger charge is -2.23. The molecule has 1 atom stereocenters. The van der Waals surface area contributed by atoms with Gasteiger partial charge in [0, 0.05) is 18.1 Å². The number of aliphatic hydroxyl groups excluding tert-OH is 1. The summed E-state index contributed by atoms with van der Waals surface area (Å²) in [5.74, 6) is 0. The Hall–Kier alpha value is -0.120. The van der Waals surface area contributed by atoms with Gasteiger partial charge in [0.05, 0.1) is 6.61 Å². The van der Waals surface area contributed by atoms with Crippen molar-refractivity contribution in [3.05, 3.63) is 0 Å². The summed E-state index contributed by atoms with van der Waals surface area (Å²) in [6.45, 7) is 4.83. The maximum Gasteiger partial charge on any atom is 0.0585 e. The highest BCUT2D eigenvalue weighted by atomic mass is 16.3. The van der Waals surface area contributed by atoms with Gasteiger partial charge in [0.1, 0.15) is 0 Å². The van der Waals surface area contributed by atoms with Crippen LogP contribution in [-0.4, -0.2) is 47.8 Å². The van der Waals surface area contributed by atoms with Gasteiger partial charge in [-0.3, -0.25) is 0 Å². The van der Waals surface area contributed by atoms with Crippen molar-refractivity contribution in [1.29, 1.82) is 0 Å². The van der Waals surface area contributed by atoms with Crippen molar-refractivity contribution in [1.82, 2.24) is 10.2 Å². The molecule has 3 heteroatoms. The van der Waals surface area contributed by atoms with Crippen molar-refractivity contribution in [3.8, 4) is 0 Å². The second-order valence-corrected chi connectivity index (χ2v) is 4.97. The second kappa shape index (κ2) is 5.28. The Kier molecular flexibility index (Phi) is 4.00. The van der Waals surface area contributed by atoms with Crippen LogP contribution in [0.15, 0.2) is 0 Å². The number of rotatable bonds is 8. The van der Waals surface area contributed by atoms with Crippen LogP contribution >= 0.6 is 0 Å². The summed E-state index contributed by atoms with van der Waals surface area (Å²) in [5.41, 5.74) is 0. The van der Waals surface area contributed by atoms with E-state index < -0.39 is 0 Å². The molecule has 0 aromatic heterocycles. The largest absolute Gasteiger partial charge is 0.395 e. The second-order valence-electron chi connectivity index (χ2n) is 4.97. The summed E-state index contributed by atoms with van der Waals surface area (Å²) < 4.78 is 0. The Labute approximate surface area is 92.8 Å². The maximum atomic E-state index is 9.26. The molecule has 0 radical (unpaired) electrons. The lowest BCUT2D eigenvalue weighted by atomic mass is 10.2. The van der Waals surface area contributed by atoms with Crippen LogP contribution in [0, 0.1) is 0 Å². The minimum atomic E-state index is 0.290. The lowest BCUT2D eigenvalue weighted by molar-refractivity contribution is 0.204. The maximum absolute atomic E-state index is 9.26. The van der Waals surface area contributed by atoms with Crippen LogP contribution in [0.3, 0.4) is 0 Å². The predicted octanol–water partition coefficient (Wildman–Crippen LogP) is 0.974. The fourth-order valence-electron chi connectivity index (χ4n) is 2.17. The van der Waals surface area contributed by atoms with Crippen LogP contribution in [-0.2, 0) is 0 Å². The van der Waals surface area contributed by atoms with Gasteiger partial charge in [-0.2, -0.15) is 0 Å². The molecule has 15 heavy (non-hydrogen) atoms. The molecule has 2 fully saturated rings. The SMILES string of the molecule is CCN(CCC(CO)NC1CC1)C1CC1. The molecular weight excluding hydrogens is 188 g/mol. The van der Waals surface area contributed by atoms with E-state index in [0.717, 1.165) is 25.6 Å². The Bertz CT molecular complexity index is 190. The Morgan fingerprint density at radius 3 is 2.53 bits per heavy atom. The van der Waals surface area contributed by atoms with E-state index in [1.165, 1.54) is 25.7 Å². The average molecular weight is 212 g/mol. The molecule has 0 saturated heterocycles. The summed E-state index contributed by atoms with van der Waals surface area (Å²) in [7, 11) is 0. The van der Waals surface area contributed by atoms with E-state index >= 15 is 0 Å². The highest BCUT2D eigenvalue weighted by Gasteiger charge is 2.29. The van der Waals surface area contributed by atoms with Gasteiger partial charge in [-0.15, -0.1) is 0 Å². The van der Waals surface area contributed by atoms with Gasteiger partial charge in [-0.05, 0) is 45.2 Å². The zero-order chi connectivity index (χ0) is 10.7. The Morgan fingerprint density at radius 1 is 1.33 bits per heavy atom. The fourth-order valence-corrected chi connectivity index (χ4v) is 2.17. The molecule has 2 saturated carbocycles. The van der Waals surface area contributed by atoms with Crippen LogP contribution in [0.5, 0.6) is 0 Å². The third kappa shape index (κ3) is 3.74. The van der Waals surface area contributed by atoms with Gasteiger partial charge in [0.2, 0.25) is 0 Å². The van der Waals surface area contributed by atoms with Crippen molar-refractivity contribution < 1.29 is 5.11 Å². The van der Waals surface area contributed by atoms with E-state index in [1.807, 2.05) is 0 Å². The molecule has 1 unspecified atom stereocenters. The molecule has 0 amide bonds. The van der Waals surface area contributed by atoms with Gasteiger partial charge in [0.15, 0.2) is 0 Å². The summed E-state index contributed by atoms with van der Waals surface area (Å²) in [6.07, 6.45) is 6.46. The molecule has 88 valence electrons. The van der Waals surface area contributed by atoms with Crippen molar-refractivity contribution in [2.45, 2.75) is 57.2 Å². The molecule has 0 aliphatic heterocycles. The van der Waals surface area contributed by atoms with Crippen molar-refractivity contribution >= 4 is 0 Å². The number of nitrogens with one attached hydrogen (secondary N) is 1.